The van der Waals surface area contributed by atoms with Gasteiger partial charge in [-0.3, -0.25) is 0 Å². The first-order valence-corrected chi connectivity index (χ1v) is 12.0. The van der Waals surface area contributed by atoms with E-state index in [1.54, 1.807) is 47.5 Å². The van der Waals surface area contributed by atoms with E-state index in [1.807, 2.05) is 16.8 Å². The van der Waals surface area contributed by atoms with E-state index in [9.17, 15) is 8.42 Å². The van der Waals surface area contributed by atoms with Crippen LogP contribution < -0.4 is 0 Å². The number of rotatable bonds is 5. The van der Waals surface area contributed by atoms with Crippen LogP contribution in [-0.2, 0) is 16.3 Å². The van der Waals surface area contributed by atoms with Gasteiger partial charge < -0.3 is 0 Å². The Labute approximate surface area is 185 Å². The monoisotopic (exact) mass is 444 g/mol. The van der Waals surface area contributed by atoms with E-state index in [0.29, 0.717) is 0 Å². The van der Waals surface area contributed by atoms with Gasteiger partial charge in [0.05, 0.1) is 46.1 Å². The van der Waals surface area contributed by atoms with E-state index >= 15 is 0 Å². The predicted molar refractivity (Wildman–Crippen MR) is 122 cm³/mol. The lowest BCUT2D eigenvalue weighted by molar-refractivity contribution is 0.602. The molecule has 0 aliphatic carbocycles. The summed E-state index contributed by atoms with van der Waals surface area (Å²) in [5.41, 5.74) is 5.36. The van der Waals surface area contributed by atoms with Gasteiger partial charge in [0, 0.05) is 17.2 Å². The van der Waals surface area contributed by atoms with Gasteiger partial charge in [0.1, 0.15) is 12.0 Å². The van der Waals surface area contributed by atoms with E-state index in [4.69, 9.17) is 5.10 Å². The highest BCUT2D eigenvalue weighted by atomic mass is 32.2. The lowest BCUT2D eigenvalue weighted by atomic mass is 10.1. The van der Waals surface area contributed by atoms with Crippen LogP contribution in [0.25, 0.3) is 33.5 Å². The SMILES string of the molecule is CCc1nn(-c2cncnc2)c2cc(-c3ccnn3-c3ccc(S(C)(=O)=O)cc3)ccc12. The number of nitrogens with zero attached hydrogens (tertiary/aromatic N) is 6. The molecule has 0 N–H and O–H groups in total. The lowest BCUT2D eigenvalue weighted by Gasteiger charge is -2.09. The van der Waals surface area contributed by atoms with Crippen LogP contribution in [0.2, 0.25) is 0 Å². The average molecular weight is 445 g/mol. The Hall–Kier alpha value is -3.85. The number of benzene rings is 2. The van der Waals surface area contributed by atoms with E-state index in [1.165, 1.54) is 12.6 Å². The second kappa shape index (κ2) is 7.69. The summed E-state index contributed by atoms with van der Waals surface area (Å²) in [4.78, 5) is 8.52. The van der Waals surface area contributed by atoms with Gasteiger partial charge in [0.25, 0.3) is 0 Å². The summed E-state index contributed by atoms with van der Waals surface area (Å²) in [5, 5.41) is 10.3. The molecule has 32 heavy (non-hydrogen) atoms. The molecule has 0 amide bonds. The van der Waals surface area contributed by atoms with Crippen LogP contribution in [0.1, 0.15) is 12.6 Å². The molecule has 9 heteroatoms. The molecule has 5 rings (SSSR count). The molecule has 8 nitrogen and oxygen atoms in total. The minimum Gasteiger partial charge on any atom is -0.243 e. The van der Waals surface area contributed by atoms with Crippen molar-refractivity contribution in [3.05, 3.63) is 79.1 Å². The Balaban J connectivity index is 1.63. The average Bonchev–Trinajstić information content (AvgIpc) is 3.44. The summed E-state index contributed by atoms with van der Waals surface area (Å²) in [6, 6.07) is 14.8. The minimum atomic E-state index is -3.26. The first-order valence-electron chi connectivity index (χ1n) is 10.1. The maximum absolute atomic E-state index is 11.8. The second-order valence-electron chi connectivity index (χ2n) is 7.43. The highest BCUT2D eigenvalue weighted by Gasteiger charge is 2.15. The van der Waals surface area contributed by atoms with Crippen molar-refractivity contribution < 1.29 is 8.42 Å². The Morgan fingerprint density at radius 3 is 2.34 bits per heavy atom. The number of fused-ring (bicyclic) bond motifs is 1. The van der Waals surface area contributed by atoms with Gasteiger partial charge >= 0.3 is 0 Å². The lowest BCUT2D eigenvalue weighted by Crippen LogP contribution is -2.01. The highest BCUT2D eigenvalue weighted by molar-refractivity contribution is 7.90. The molecule has 0 aliphatic heterocycles. The van der Waals surface area contributed by atoms with Crippen molar-refractivity contribution >= 4 is 20.7 Å². The van der Waals surface area contributed by atoms with Crippen LogP contribution in [0.5, 0.6) is 0 Å². The molecule has 160 valence electrons. The summed E-state index contributed by atoms with van der Waals surface area (Å²) in [6.07, 6.45) is 8.69. The minimum absolute atomic E-state index is 0.275. The smallest absolute Gasteiger partial charge is 0.175 e. The Morgan fingerprint density at radius 2 is 1.66 bits per heavy atom. The third kappa shape index (κ3) is 3.46. The van der Waals surface area contributed by atoms with Crippen molar-refractivity contribution in [1.82, 2.24) is 29.5 Å². The molecular weight excluding hydrogens is 424 g/mol. The molecule has 0 atom stereocenters. The van der Waals surface area contributed by atoms with Crippen LogP contribution in [0.3, 0.4) is 0 Å². The molecule has 0 radical (unpaired) electrons. The Morgan fingerprint density at radius 1 is 0.906 bits per heavy atom. The molecule has 0 fully saturated rings. The van der Waals surface area contributed by atoms with Crippen LogP contribution in [0.4, 0.5) is 0 Å². The summed E-state index contributed by atoms with van der Waals surface area (Å²) in [7, 11) is -3.26. The molecule has 0 bridgehead atoms. The maximum atomic E-state index is 11.8. The topological polar surface area (TPSA) is 95.6 Å². The normalized spacial score (nSPS) is 11.8. The molecule has 0 saturated heterocycles. The number of sulfone groups is 1. The summed E-state index contributed by atoms with van der Waals surface area (Å²) >= 11 is 0. The van der Waals surface area contributed by atoms with Crippen molar-refractivity contribution in [1.29, 1.82) is 0 Å². The van der Waals surface area contributed by atoms with Crippen LogP contribution in [0, 0.1) is 0 Å². The number of aromatic nitrogens is 6. The largest absolute Gasteiger partial charge is 0.243 e. The molecule has 0 spiro atoms. The molecule has 0 unspecified atom stereocenters. The zero-order valence-corrected chi connectivity index (χ0v) is 18.4. The van der Waals surface area contributed by atoms with Gasteiger partial charge in [-0.2, -0.15) is 10.2 Å². The van der Waals surface area contributed by atoms with Gasteiger partial charge in [0.2, 0.25) is 0 Å². The molecular formula is C23H20N6O2S. The quantitative estimate of drug-likeness (QED) is 0.411. The molecule has 3 heterocycles. The zero-order chi connectivity index (χ0) is 22.3. The first kappa shape index (κ1) is 20.1. The second-order valence-corrected chi connectivity index (χ2v) is 9.45. The van der Waals surface area contributed by atoms with Crippen molar-refractivity contribution in [3.63, 3.8) is 0 Å². The van der Waals surface area contributed by atoms with Gasteiger partial charge in [0.15, 0.2) is 9.84 Å². The van der Waals surface area contributed by atoms with Crippen LogP contribution in [0.15, 0.2) is 78.3 Å². The number of hydrogen-bond donors (Lipinski definition) is 0. The van der Waals surface area contributed by atoms with Crippen LogP contribution in [-0.4, -0.2) is 44.2 Å². The fourth-order valence-electron chi connectivity index (χ4n) is 3.76. The number of aryl methyl sites for hydroxylation is 1. The van der Waals surface area contributed by atoms with Crippen molar-refractivity contribution in [2.24, 2.45) is 0 Å². The Bertz CT molecular complexity index is 1520. The van der Waals surface area contributed by atoms with E-state index in [0.717, 1.165) is 45.6 Å². The van der Waals surface area contributed by atoms with Crippen molar-refractivity contribution in [3.8, 4) is 22.6 Å². The first-order chi connectivity index (χ1) is 15.5. The summed E-state index contributed by atoms with van der Waals surface area (Å²) < 4.78 is 27.2. The molecule has 5 aromatic rings. The van der Waals surface area contributed by atoms with Crippen molar-refractivity contribution in [2.75, 3.05) is 6.26 Å². The molecule has 2 aromatic carbocycles. The van der Waals surface area contributed by atoms with Gasteiger partial charge in [-0.25, -0.2) is 27.7 Å². The summed E-state index contributed by atoms with van der Waals surface area (Å²) in [6.45, 7) is 2.08. The van der Waals surface area contributed by atoms with Gasteiger partial charge in [-0.1, -0.05) is 19.1 Å². The predicted octanol–water partition coefficient (Wildman–Crippen LogP) is 3.63. The van der Waals surface area contributed by atoms with Gasteiger partial charge in [-0.15, -0.1) is 0 Å². The fourth-order valence-corrected chi connectivity index (χ4v) is 4.39. The molecule has 0 saturated carbocycles. The zero-order valence-electron chi connectivity index (χ0n) is 17.5. The van der Waals surface area contributed by atoms with Gasteiger partial charge in [-0.05, 0) is 42.8 Å². The van der Waals surface area contributed by atoms with E-state index in [2.05, 4.69) is 34.1 Å². The summed E-state index contributed by atoms with van der Waals surface area (Å²) in [5.74, 6) is 0. The third-order valence-corrected chi connectivity index (χ3v) is 6.46. The van der Waals surface area contributed by atoms with Crippen LogP contribution >= 0.6 is 0 Å². The molecule has 3 aromatic heterocycles. The van der Waals surface area contributed by atoms with Crippen molar-refractivity contribution in [2.45, 2.75) is 18.2 Å². The van der Waals surface area contributed by atoms with E-state index in [-0.39, 0.29) is 4.90 Å². The Kier molecular flexibility index (Phi) is 4.82. The standard InChI is InChI=1S/C23H20N6O2S/c1-3-21-20-9-4-16(12-23(20)29(27-21)18-13-24-15-25-14-18)22-10-11-26-28(22)17-5-7-19(8-6-17)32(2,30)31/h4-15H,3H2,1-2H3. The van der Waals surface area contributed by atoms with E-state index < -0.39 is 9.84 Å². The third-order valence-electron chi connectivity index (χ3n) is 5.33. The molecule has 0 aliphatic rings. The number of hydrogen-bond acceptors (Lipinski definition) is 6. The fraction of sp³-hybridized carbons (Fsp3) is 0.130. The highest BCUT2D eigenvalue weighted by Crippen LogP contribution is 2.29. The maximum Gasteiger partial charge on any atom is 0.175 e.